The van der Waals surface area contributed by atoms with Crippen LogP contribution in [-0.2, 0) is 7.05 Å². The second-order valence-corrected chi connectivity index (χ2v) is 4.46. The number of nitrogens with zero attached hydrogens (tertiary/aromatic N) is 3. The van der Waals surface area contributed by atoms with Crippen LogP contribution in [0.5, 0.6) is 0 Å². The van der Waals surface area contributed by atoms with E-state index in [1.54, 1.807) is 11.7 Å². The highest BCUT2D eigenvalue weighted by atomic mass is 79.9. The lowest BCUT2D eigenvalue weighted by molar-refractivity contribution is 0.138. The first-order valence-corrected chi connectivity index (χ1v) is 5.13. The van der Waals surface area contributed by atoms with Gasteiger partial charge in [0.25, 0.3) is 0 Å². The fourth-order valence-corrected chi connectivity index (χ4v) is 2.21. The highest BCUT2D eigenvalue weighted by Crippen LogP contribution is 2.47. The van der Waals surface area contributed by atoms with Crippen molar-refractivity contribution in [1.82, 2.24) is 15.0 Å². The van der Waals surface area contributed by atoms with E-state index in [2.05, 4.69) is 33.2 Å². The molecule has 5 heteroatoms. The monoisotopic (exact) mass is 245 g/mol. The van der Waals surface area contributed by atoms with Gasteiger partial charge in [-0.25, -0.2) is 4.68 Å². The van der Waals surface area contributed by atoms with Gasteiger partial charge in [0.1, 0.15) is 11.8 Å². The minimum atomic E-state index is -0.427. The van der Waals surface area contributed by atoms with Crippen molar-refractivity contribution in [2.24, 2.45) is 18.9 Å². The van der Waals surface area contributed by atoms with Crippen molar-refractivity contribution < 1.29 is 5.11 Å². The third-order valence-electron chi connectivity index (χ3n) is 2.68. The molecule has 0 aromatic carbocycles. The average Bonchev–Trinajstić information content (AvgIpc) is 2.70. The number of aromatic nitrogens is 3. The molecular formula is C8H12BrN3O. The highest BCUT2D eigenvalue weighted by molar-refractivity contribution is 9.10. The van der Waals surface area contributed by atoms with E-state index in [-0.39, 0.29) is 0 Å². The van der Waals surface area contributed by atoms with Crippen molar-refractivity contribution >= 4 is 15.9 Å². The summed E-state index contributed by atoms with van der Waals surface area (Å²) in [6.45, 7) is 2.14. The van der Waals surface area contributed by atoms with E-state index in [0.717, 1.165) is 12.1 Å². The van der Waals surface area contributed by atoms with Crippen LogP contribution in [0.3, 0.4) is 0 Å². The van der Waals surface area contributed by atoms with E-state index >= 15 is 0 Å². The largest absolute Gasteiger partial charge is 0.386 e. The first-order chi connectivity index (χ1) is 6.11. The minimum Gasteiger partial charge on any atom is -0.386 e. The van der Waals surface area contributed by atoms with Gasteiger partial charge in [-0.15, -0.1) is 5.10 Å². The summed E-state index contributed by atoms with van der Waals surface area (Å²) >= 11 is 3.28. The van der Waals surface area contributed by atoms with Gasteiger partial charge in [0.05, 0.1) is 0 Å². The van der Waals surface area contributed by atoms with Gasteiger partial charge in [0, 0.05) is 7.05 Å². The van der Waals surface area contributed by atoms with Crippen molar-refractivity contribution in [2.75, 3.05) is 0 Å². The Morgan fingerprint density at radius 3 is 2.69 bits per heavy atom. The van der Waals surface area contributed by atoms with Crippen molar-refractivity contribution in [1.29, 1.82) is 0 Å². The lowest BCUT2D eigenvalue weighted by Gasteiger charge is -2.09. The molecule has 4 nitrogen and oxygen atoms in total. The summed E-state index contributed by atoms with van der Waals surface area (Å²) in [7, 11) is 1.80. The van der Waals surface area contributed by atoms with E-state index in [9.17, 15) is 5.11 Å². The fourth-order valence-electron chi connectivity index (χ4n) is 1.65. The summed E-state index contributed by atoms with van der Waals surface area (Å²) in [5.74, 6) is 1.00. The molecule has 1 saturated carbocycles. The molecule has 13 heavy (non-hydrogen) atoms. The molecule has 1 heterocycles. The molecule has 0 radical (unpaired) electrons. The Morgan fingerprint density at radius 2 is 2.31 bits per heavy atom. The molecule has 0 aliphatic heterocycles. The maximum atomic E-state index is 9.95. The van der Waals surface area contributed by atoms with Crippen LogP contribution in [0, 0.1) is 11.8 Å². The zero-order chi connectivity index (χ0) is 9.59. The lowest BCUT2D eigenvalue weighted by atomic mass is 10.1. The molecule has 1 aromatic rings. The van der Waals surface area contributed by atoms with Crippen molar-refractivity contribution in [3.63, 3.8) is 0 Å². The zero-order valence-corrected chi connectivity index (χ0v) is 9.19. The van der Waals surface area contributed by atoms with E-state index in [0.29, 0.717) is 16.4 Å². The Hall–Kier alpha value is -0.420. The molecule has 1 aliphatic rings. The van der Waals surface area contributed by atoms with Crippen LogP contribution >= 0.6 is 15.9 Å². The normalized spacial score (nSPS) is 28.9. The predicted molar refractivity (Wildman–Crippen MR) is 50.9 cm³/mol. The van der Waals surface area contributed by atoms with E-state index < -0.39 is 6.10 Å². The number of hydrogen-bond donors (Lipinski definition) is 1. The number of aryl methyl sites for hydroxylation is 1. The van der Waals surface area contributed by atoms with Crippen LogP contribution in [0.25, 0.3) is 0 Å². The molecule has 0 saturated heterocycles. The second kappa shape index (κ2) is 3.06. The van der Waals surface area contributed by atoms with Crippen molar-refractivity contribution in [3.05, 3.63) is 10.3 Å². The summed E-state index contributed by atoms with van der Waals surface area (Å²) in [5, 5.41) is 17.6. The van der Waals surface area contributed by atoms with Gasteiger partial charge in [-0.2, -0.15) is 0 Å². The molecule has 1 aliphatic carbocycles. The molecule has 2 rings (SSSR count). The predicted octanol–water partition coefficient (Wildman–Crippen LogP) is 1.27. The van der Waals surface area contributed by atoms with Crippen LogP contribution in [0.4, 0.5) is 0 Å². The highest BCUT2D eigenvalue weighted by Gasteiger charge is 2.41. The standard InChI is InChI=1S/C8H12BrN3O/c1-4-3-5(4)7(13)6-8(9)10-11-12(6)2/h4-5,7,13H,3H2,1-2H3. The Labute approximate surface area is 85.1 Å². The lowest BCUT2D eigenvalue weighted by Crippen LogP contribution is -2.08. The average molecular weight is 246 g/mol. The quantitative estimate of drug-likeness (QED) is 0.854. The van der Waals surface area contributed by atoms with Gasteiger partial charge < -0.3 is 5.11 Å². The Balaban J connectivity index is 2.24. The number of hydrogen-bond acceptors (Lipinski definition) is 3. The van der Waals surface area contributed by atoms with Gasteiger partial charge >= 0.3 is 0 Å². The topological polar surface area (TPSA) is 50.9 Å². The van der Waals surface area contributed by atoms with E-state index in [4.69, 9.17) is 0 Å². The van der Waals surface area contributed by atoms with E-state index in [1.807, 2.05) is 0 Å². The zero-order valence-electron chi connectivity index (χ0n) is 7.61. The Morgan fingerprint density at radius 1 is 1.69 bits per heavy atom. The molecule has 0 bridgehead atoms. The van der Waals surface area contributed by atoms with Crippen LogP contribution in [0.1, 0.15) is 25.1 Å². The molecule has 0 amide bonds. The van der Waals surface area contributed by atoms with Gasteiger partial charge in [-0.3, -0.25) is 0 Å². The van der Waals surface area contributed by atoms with Gasteiger partial charge in [0.2, 0.25) is 0 Å². The van der Waals surface area contributed by atoms with Crippen LogP contribution in [0.15, 0.2) is 4.60 Å². The molecule has 3 unspecified atom stereocenters. The van der Waals surface area contributed by atoms with Crippen molar-refractivity contribution in [2.45, 2.75) is 19.4 Å². The number of aliphatic hydroxyl groups excluding tert-OH is 1. The van der Waals surface area contributed by atoms with Crippen LogP contribution in [0.2, 0.25) is 0 Å². The smallest absolute Gasteiger partial charge is 0.154 e. The third kappa shape index (κ3) is 1.50. The summed E-state index contributed by atoms with van der Waals surface area (Å²) in [4.78, 5) is 0. The van der Waals surface area contributed by atoms with Gasteiger partial charge in [-0.1, -0.05) is 12.1 Å². The third-order valence-corrected chi connectivity index (χ3v) is 3.25. The molecule has 72 valence electrons. The first-order valence-electron chi connectivity index (χ1n) is 4.34. The minimum absolute atomic E-state index is 0.383. The summed E-state index contributed by atoms with van der Waals surface area (Å²) in [6, 6.07) is 0. The molecular weight excluding hydrogens is 234 g/mol. The molecule has 3 atom stereocenters. The van der Waals surface area contributed by atoms with Crippen molar-refractivity contribution in [3.8, 4) is 0 Å². The maximum Gasteiger partial charge on any atom is 0.154 e. The maximum absolute atomic E-state index is 9.95. The van der Waals surface area contributed by atoms with Gasteiger partial charge in [-0.05, 0) is 34.2 Å². The molecule has 0 spiro atoms. The molecule has 1 N–H and O–H groups in total. The summed E-state index contributed by atoms with van der Waals surface area (Å²) in [6.07, 6.45) is 0.670. The first kappa shape index (κ1) is 9.15. The number of halogens is 1. The Kier molecular flexibility index (Phi) is 2.15. The number of rotatable bonds is 2. The molecule has 1 aromatic heterocycles. The number of aliphatic hydroxyl groups is 1. The second-order valence-electron chi connectivity index (χ2n) is 3.71. The fraction of sp³-hybridized carbons (Fsp3) is 0.750. The van der Waals surface area contributed by atoms with Crippen LogP contribution in [-0.4, -0.2) is 20.1 Å². The summed E-state index contributed by atoms with van der Waals surface area (Å²) in [5.41, 5.74) is 0.786. The van der Waals surface area contributed by atoms with E-state index in [1.165, 1.54) is 0 Å². The summed E-state index contributed by atoms with van der Waals surface area (Å²) < 4.78 is 2.28. The molecule has 1 fully saturated rings. The van der Waals surface area contributed by atoms with Crippen LogP contribution < -0.4 is 0 Å². The van der Waals surface area contributed by atoms with Gasteiger partial charge in [0.15, 0.2) is 4.60 Å². The Bertz CT molecular complexity index is 306. The SMILES string of the molecule is CC1CC1C(O)c1c(Br)nnn1C.